The summed E-state index contributed by atoms with van der Waals surface area (Å²) in [6.45, 7) is 5.57. The Morgan fingerprint density at radius 2 is 2.07 bits per heavy atom. The Bertz CT molecular complexity index is 812. The zero-order valence-corrected chi connectivity index (χ0v) is 16.9. The van der Waals surface area contributed by atoms with Crippen molar-refractivity contribution in [2.75, 3.05) is 13.1 Å². The van der Waals surface area contributed by atoms with E-state index in [1.54, 1.807) is 11.3 Å². The van der Waals surface area contributed by atoms with Crippen LogP contribution in [0.25, 0.3) is 10.2 Å². The topological polar surface area (TPSA) is 53.5 Å². The monoisotopic (exact) mass is 385 g/mol. The van der Waals surface area contributed by atoms with Crippen LogP contribution in [0.4, 0.5) is 0 Å². The van der Waals surface area contributed by atoms with E-state index in [0.717, 1.165) is 42.8 Å². The van der Waals surface area contributed by atoms with Crippen LogP contribution in [0, 0.1) is 5.92 Å². The molecule has 0 N–H and O–H groups in total. The number of thiazole rings is 1. The normalized spacial score (nSPS) is 23.1. The van der Waals surface area contributed by atoms with Crippen molar-refractivity contribution in [3.8, 4) is 0 Å². The lowest BCUT2D eigenvalue weighted by Crippen LogP contribution is -2.39. The van der Waals surface area contributed by atoms with Gasteiger partial charge in [0, 0.05) is 25.6 Å². The molecule has 0 bridgehead atoms. The van der Waals surface area contributed by atoms with Gasteiger partial charge in [0.15, 0.2) is 0 Å². The molecule has 144 valence electrons. The molecule has 2 atom stereocenters. The van der Waals surface area contributed by atoms with E-state index in [4.69, 9.17) is 4.98 Å². The first-order valence-electron chi connectivity index (χ1n) is 10.1. The van der Waals surface area contributed by atoms with Crippen LogP contribution in [0.15, 0.2) is 24.3 Å². The lowest BCUT2D eigenvalue weighted by molar-refractivity contribution is -0.136. The molecule has 27 heavy (non-hydrogen) atoms. The van der Waals surface area contributed by atoms with E-state index >= 15 is 0 Å². The summed E-state index contributed by atoms with van der Waals surface area (Å²) in [6, 6.07) is 8.46. The molecule has 3 heterocycles. The van der Waals surface area contributed by atoms with Crippen molar-refractivity contribution < 1.29 is 9.59 Å². The summed E-state index contributed by atoms with van der Waals surface area (Å²) < 4.78 is 1.17. The van der Waals surface area contributed by atoms with Crippen LogP contribution in [0.1, 0.15) is 57.0 Å². The van der Waals surface area contributed by atoms with Crippen molar-refractivity contribution in [2.24, 2.45) is 5.92 Å². The molecule has 2 saturated heterocycles. The molecule has 6 heteroatoms. The molecule has 4 rings (SSSR count). The number of hydrogen-bond acceptors (Lipinski definition) is 4. The Morgan fingerprint density at radius 1 is 1.30 bits per heavy atom. The van der Waals surface area contributed by atoms with Gasteiger partial charge in [-0.3, -0.25) is 9.59 Å². The third-order valence-corrected chi connectivity index (χ3v) is 7.16. The minimum atomic E-state index is -0.201. The molecule has 0 spiro atoms. The van der Waals surface area contributed by atoms with Crippen molar-refractivity contribution in [3.63, 3.8) is 0 Å². The number of fused-ring (bicyclic) bond motifs is 1. The van der Waals surface area contributed by atoms with Gasteiger partial charge < -0.3 is 9.80 Å². The summed E-state index contributed by atoms with van der Waals surface area (Å²) in [6.07, 6.45) is 4.21. The molecule has 0 saturated carbocycles. The van der Waals surface area contributed by atoms with E-state index in [2.05, 4.69) is 19.9 Å². The molecule has 2 aliphatic rings. The number of hydrogen-bond donors (Lipinski definition) is 0. The fourth-order valence-corrected chi connectivity index (χ4v) is 5.65. The van der Waals surface area contributed by atoms with Gasteiger partial charge in [0.1, 0.15) is 5.01 Å². The molecule has 2 aliphatic heterocycles. The van der Waals surface area contributed by atoms with Crippen LogP contribution in [-0.4, -0.2) is 45.7 Å². The van der Waals surface area contributed by atoms with Crippen molar-refractivity contribution >= 4 is 33.4 Å². The van der Waals surface area contributed by atoms with Gasteiger partial charge in [-0.2, -0.15) is 0 Å². The highest BCUT2D eigenvalue weighted by atomic mass is 32.1. The van der Waals surface area contributed by atoms with E-state index in [0.29, 0.717) is 13.0 Å². The maximum absolute atomic E-state index is 13.3. The third-order valence-electron chi connectivity index (χ3n) is 6.02. The lowest BCUT2D eigenvalue weighted by Gasteiger charge is -2.28. The second-order valence-electron chi connectivity index (χ2n) is 7.63. The number of rotatable bonds is 5. The quantitative estimate of drug-likeness (QED) is 0.782. The summed E-state index contributed by atoms with van der Waals surface area (Å²) in [5.74, 6) is 0.0735. The maximum atomic E-state index is 13.3. The molecule has 0 radical (unpaired) electrons. The Kier molecular flexibility index (Phi) is 5.17. The molecule has 2 amide bonds. The van der Waals surface area contributed by atoms with Gasteiger partial charge in [-0.05, 0) is 37.8 Å². The van der Waals surface area contributed by atoms with Crippen LogP contribution in [0.3, 0.4) is 0 Å². The van der Waals surface area contributed by atoms with Gasteiger partial charge in [-0.25, -0.2) is 4.98 Å². The van der Waals surface area contributed by atoms with Crippen molar-refractivity contribution in [1.29, 1.82) is 0 Å². The van der Waals surface area contributed by atoms with E-state index < -0.39 is 0 Å². The number of carbonyl (C=O) groups is 2. The summed E-state index contributed by atoms with van der Waals surface area (Å²) in [7, 11) is 0. The zero-order chi connectivity index (χ0) is 19.0. The molecule has 1 aromatic carbocycles. The highest BCUT2D eigenvalue weighted by molar-refractivity contribution is 7.18. The number of nitrogens with zero attached hydrogens (tertiary/aromatic N) is 3. The molecule has 0 aliphatic carbocycles. The Hall–Kier alpha value is -1.95. The predicted octanol–water partition coefficient (Wildman–Crippen LogP) is 4.00. The summed E-state index contributed by atoms with van der Waals surface area (Å²) in [5.41, 5.74) is 1.01. The van der Waals surface area contributed by atoms with Crippen molar-refractivity contribution in [3.05, 3.63) is 29.3 Å². The van der Waals surface area contributed by atoms with Gasteiger partial charge >= 0.3 is 0 Å². The van der Waals surface area contributed by atoms with E-state index in [9.17, 15) is 9.59 Å². The highest BCUT2D eigenvalue weighted by Crippen LogP contribution is 2.38. The van der Waals surface area contributed by atoms with Crippen LogP contribution >= 0.6 is 11.3 Å². The molecule has 5 nitrogen and oxygen atoms in total. The third kappa shape index (κ3) is 3.35. The average Bonchev–Trinajstić information content (AvgIpc) is 3.40. The lowest BCUT2D eigenvalue weighted by atomic mass is 10.1. The van der Waals surface area contributed by atoms with E-state index in [1.807, 2.05) is 28.0 Å². The van der Waals surface area contributed by atoms with Crippen LogP contribution in [0.2, 0.25) is 0 Å². The van der Waals surface area contributed by atoms with E-state index in [-0.39, 0.29) is 29.8 Å². The van der Waals surface area contributed by atoms with Crippen LogP contribution in [0.5, 0.6) is 0 Å². The van der Waals surface area contributed by atoms with Crippen molar-refractivity contribution in [1.82, 2.24) is 14.8 Å². The number of likely N-dealkylation sites (tertiary alicyclic amines) is 2. The molecule has 1 aromatic heterocycles. The second kappa shape index (κ2) is 7.58. The van der Waals surface area contributed by atoms with Gasteiger partial charge in [0.2, 0.25) is 11.8 Å². The number of benzene rings is 1. The predicted molar refractivity (Wildman–Crippen MR) is 107 cm³/mol. The molecular formula is C21H27N3O2S. The Labute approximate surface area is 164 Å². The van der Waals surface area contributed by atoms with Crippen molar-refractivity contribution in [2.45, 2.75) is 58.0 Å². The summed E-state index contributed by atoms with van der Waals surface area (Å²) in [5, 5.41) is 1.03. The second-order valence-corrected chi connectivity index (χ2v) is 8.69. The first-order chi connectivity index (χ1) is 13.1. The highest BCUT2D eigenvalue weighted by Gasteiger charge is 2.42. The molecule has 2 aromatic rings. The number of para-hydroxylation sites is 1. The maximum Gasteiger partial charge on any atom is 0.228 e. The zero-order valence-electron chi connectivity index (χ0n) is 16.1. The standard InChI is InChI=1S/C21H27N3O2S/c1-3-15(4-2)24-13-14(12-19(24)25)21(26)23-11-7-9-17(23)20-22-16-8-5-6-10-18(16)27-20/h5-6,8,10,14-15,17H,3-4,7,9,11-13H2,1-2H3. The Morgan fingerprint density at radius 3 is 2.81 bits per heavy atom. The minimum absolute atomic E-state index is 0.0622. The molecular weight excluding hydrogens is 358 g/mol. The smallest absolute Gasteiger partial charge is 0.228 e. The minimum Gasteiger partial charge on any atom is -0.339 e. The molecule has 2 unspecified atom stereocenters. The number of amides is 2. The largest absolute Gasteiger partial charge is 0.339 e. The van der Waals surface area contributed by atoms with Gasteiger partial charge in [-0.1, -0.05) is 26.0 Å². The van der Waals surface area contributed by atoms with E-state index in [1.165, 1.54) is 4.70 Å². The summed E-state index contributed by atoms with van der Waals surface area (Å²) in [4.78, 5) is 34.5. The van der Waals surface area contributed by atoms with Gasteiger partial charge in [-0.15, -0.1) is 11.3 Å². The van der Waals surface area contributed by atoms with Crippen LogP contribution in [-0.2, 0) is 9.59 Å². The first kappa shape index (κ1) is 18.4. The SMILES string of the molecule is CCC(CC)N1CC(C(=O)N2CCCC2c2nc3ccccc3s2)CC1=O. The summed E-state index contributed by atoms with van der Waals surface area (Å²) >= 11 is 1.69. The first-order valence-corrected chi connectivity index (χ1v) is 10.9. The van der Waals surface area contributed by atoms with Crippen LogP contribution < -0.4 is 0 Å². The molecule has 2 fully saturated rings. The fourth-order valence-electron chi connectivity index (χ4n) is 4.53. The Balaban J connectivity index is 1.52. The van der Waals surface area contributed by atoms with Gasteiger partial charge in [0.25, 0.3) is 0 Å². The van der Waals surface area contributed by atoms with Gasteiger partial charge in [0.05, 0.1) is 22.2 Å². The number of carbonyl (C=O) groups excluding carboxylic acids is 2. The number of aromatic nitrogens is 1. The fraction of sp³-hybridized carbons (Fsp3) is 0.571. The average molecular weight is 386 g/mol.